The molecule has 0 aromatic rings. The maximum atomic E-state index is 11.3. The summed E-state index contributed by atoms with van der Waals surface area (Å²) in [4.78, 5) is 22.2. The van der Waals surface area contributed by atoms with Crippen molar-refractivity contribution in [2.24, 2.45) is 11.1 Å². The van der Waals surface area contributed by atoms with E-state index in [0.717, 1.165) is 0 Å². The zero-order valence-electron chi connectivity index (χ0n) is 9.24. The van der Waals surface area contributed by atoms with Crippen molar-refractivity contribution in [3.8, 4) is 0 Å². The van der Waals surface area contributed by atoms with Crippen LogP contribution in [0.15, 0.2) is 0 Å². The van der Waals surface area contributed by atoms with Crippen molar-refractivity contribution in [1.82, 2.24) is 0 Å². The lowest BCUT2D eigenvalue weighted by Gasteiger charge is -2.23. The van der Waals surface area contributed by atoms with Gasteiger partial charge in [-0.15, -0.1) is 12.4 Å². The number of ether oxygens (including phenoxy) is 2. The Morgan fingerprint density at radius 3 is 2.13 bits per heavy atom. The van der Waals surface area contributed by atoms with E-state index >= 15 is 0 Å². The lowest BCUT2D eigenvalue weighted by Crippen LogP contribution is -2.37. The van der Waals surface area contributed by atoms with Gasteiger partial charge in [0.1, 0.15) is 0 Å². The molecule has 6 heteroatoms. The van der Waals surface area contributed by atoms with Gasteiger partial charge in [-0.25, -0.2) is 0 Å². The van der Waals surface area contributed by atoms with E-state index in [1.54, 1.807) is 6.92 Å². The van der Waals surface area contributed by atoms with Crippen LogP contribution in [0.5, 0.6) is 0 Å². The minimum atomic E-state index is -0.803. The molecule has 0 aromatic carbocycles. The predicted octanol–water partition coefficient (Wildman–Crippen LogP) is 0.499. The molecule has 0 aliphatic heterocycles. The number of nitrogens with two attached hydrogens (primary N) is 1. The van der Waals surface area contributed by atoms with Gasteiger partial charge in [-0.05, 0) is 13.3 Å². The van der Waals surface area contributed by atoms with Crippen molar-refractivity contribution in [2.75, 3.05) is 20.8 Å². The third-order valence-electron chi connectivity index (χ3n) is 2.24. The molecule has 0 amide bonds. The first kappa shape index (κ1) is 16.6. The Balaban J connectivity index is 0. The molecular formula is C9H18ClNO4. The molecule has 1 atom stereocenters. The van der Waals surface area contributed by atoms with Gasteiger partial charge in [-0.1, -0.05) is 0 Å². The van der Waals surface area contributed by atoms with Gasteiger partial charge in [0.2, 0.25) is 0 Å². The first-order chi connectivity index (χ1) is 6.50. The summed E-state index contributed by atoms with van der Waals surface area (Å²) in [5, 5.41) is 0. The van der Waals surface area contributed by atoms with Gasteiger partial charge in [0, 0.05) is 13.0 Å². The summed E-state index contributed by atoms with van der Waals surface area (Å²) in [6.45, 7) is 1.82. The highest BCUT2D eigenvalue weighted by Crippen LogP contribution is 2.23. The van der Waals surface area contributed by atoms with Crippen LogP contribution in [-0.2, 0) is 19.1 Å². The molecular weight excluding hydrogens is 222 g/mol. The Morgan fingerprint density at radius 2 is 1.80 bits per heavy atom. The average Bonchev–Trinajstić information content (AvgIpc) is 2.23. The Hall–Kier alpha value is -0.810. The van der Waals surface area contributed by atoms with Crippen LogP contribution in [0.4, 0.5) is 0 Å². The van der Waals surface area contributed by atoms with Gasteiger partial charge in [0.15, 0.2) is 0 Å². The second kappa shape index (κ2) is 7.48. The summed E-state index contributed by atoms with van der Waals surface area (Å²) >= 11 is 0. The molecule has 90 valence electrons. The summed E-state index contributed by atoms with van der Waals surface area (Å²) in [6.07, 6.45) is 0.502. The van der Waals surface area contributed by atoms with Crippen LogP contribution in [0.25, 0.3) is 0 Å². The molecule has 0 saturated heterocycles. The maximum absolute atomic E-state index is 11.3. The second-order valence-corrected chi connectivity index (χ2v) is 3.33. The van der Waals surface area contributed by atoms with Crippen LogP contribution in [0, 0.1) is 5.41 Å². The standard InChI is InChI=1S/C9H17NO4.ClH/c1-9(6-10,8(12)14-3)5-4-7(11)13-2;/h4-6,10H2,1-3H3;1H. The van der Waals surface area contributed by atoms with E-state index in [-0.39, 0.29) is 31.3 Å². The Morgan fingerprint density at radius 1 is 1.27 bits per heavy atom. The second-order valence-electron chi connectivity index (χ2n) is 3.33. The Kier molecular flexibility index (Phi) is 8.28. The highest BCUT2D eigenvalue weighted by Gasteiger charge is 2.33. The highest BCUT2D eigenvalue weighted by atomic mass is 35.5. The molecule has 0 heterocycles. The summed E-state index contributed by atoms with van der Waals surface area (Å²) in [6, 6.07) is 0. The van der Waals surface area contributed by atoms with E-state index in [1.807, 2.05) is 0 Å². The molecule has 0 radical (unpaired) electrons. The van der Waals surface area contributed by atoms with Crippen LogP contribution in [-0.4, -0.2) is 32.7 Å². The lowest BCUT2D eigenvalue weighted by atomic mass is 9.85. The number of methoxy groups -OCH3 is 2. The fourth-order valence-corrected chi connectivity index (χ4v) is 1.01. The molecule has 0 bridgehead atoms. The van der Waals surface area contributed by atoms with Crippen LogP contribution in [0.1, 0.15) is 19.8 Å². The molecule has 0 spiro atoms. The average molecular weight is 240 g/mol. The molecule has 5 nitrogen and oxygen atoms in total. The molecule has 0 rings (SSSR count). The largest absolute Gasteiger partial charge is 0.469 e. The van der Waals surface area contributed by atoms with E-state index in [0.29, 0.717) is 6.42 Å². The number of rotatable bonds is 5. The summed E-state index contributed by atoms with van der Waals surface area (Å²) in [5.41, 5.74) is 4.66. The number of hydrogen-bond donors (Lipinski definition) is 1. The molecule has 1 unspecified atom stereocenters. The summed E-state index contributed by atoms with van der Waals surface area (Å²) in [5.74, 6) is -0.752. The van der Waals surface area contributed by atoms with Crippen LogP contribution < -0.4 is 5.73 Å². The minimum Gasteiger partial charge on any atom is -0.469 e. The number of carbonyl (C=O) groups excluding carboxylic acids is 2. The van der Waals surface area contributed by atoms with Gasteiger partial charge in [0.05, 0.1) is 19.6 Å². The number of halogens is 1. The fourth-order valence-electron chi connectivity index (χ4n) is 1.01. The Labute approximate surface area is 95.7 Å². The third kappa shape index (κ3) is 4.99. The maximum Gasteiger partial charge on any atom is 0.312 e. The lowest BCUT2D eigenvalue weighted by molar-refractivity contribution is -0.152. The van der Waals surface area contributed by atoms with Crippen LogP contribution in [0.2, 0.25) is 0 Å². The molecule has 0 aliphatic rings. The predicted molar refractivity (Wildman–Crippen MR) is 57.7 cm³/mol. The number of carbonyl (C=O) groups is 2. The number of esters is 2. The van der Waals surface area contributed by atoms with Crippen molar-refractivity contribution in [3.05, 3.63) is 0 Å². The van der Waals surface area contributed by atoms with E-state index in [1.165, 1.54) is 14.2 Å². The molecule has 15 heavy (non-hydrogen) atoms. The molecule has 0 saturated carbocycles. The smallest absolute Gasteiger partial charge is 0.312 e. The van der Waals surface area contributed by atoms with E-state index < -0.39 is 11.4 Å². The highest BCUT2D eigenvalue weighted by molar-refractivity contribution is 5.85. The van der Waals surface area contributed by atoms with Crippen LogP contribution >= 0.6 is 12.4 Å². The topological polar surface area (TPSA) is 78.6 Å². The van der Waals surface area contributed by atoms with Gasteiger partial charge < -0.3 is 15.2 Å². The van der Waals surface area contributed by atoms with E-state index in [9.17, 15) is 9.59 Å². The first-order valence-electron chi connectivity index (χ1n) is 4.35. The quantitative estimate of drug-likeness (QED) is 0.707. The first-order valence-corrected chi connectivity index (χ1v) is 4.35. The van der Waals surface area contributed by atoms with Crippen molar-refractivity contribution < 1.29 is 19.1 Å². The van der Waals surface area contributed by atoms with Crippen molar-refractivity contribution in [1.29, 1.82) is 0 Å². The summed E-state index contributed by atoms with van der Waals surface area (Å²) < 4.78 is 9.07. The van der Waals surface area contributed by atoms with Gasteiger partial charge >= 0.3 is 11.9 Å². The van der Waals surface area contributed by atoms with E-state index in [4.69, 9.17) is 5.73 Å². The molecule has 0 aromatic heterocycles. The number of hydrogen-bond acceptors (Lipinski definition) is 5. The third-order valence-corrected chi connectivity index (χ3v) is 2.24. The monoisotopic (exact) mass is 239 g/mol. The molecule has 2 N–H and O–H groups in total. The van der Waals surface area contributed by atoms with Crippen molar-refractivity contribution >= 4 is 24.3 Å². The molecule has 0 aliphatic carbocycles. The van der Waals surface area contributed by atoms with Crippen molar-refractivity contribution in [3.63, 3.8) is 0 Å². The molecule has 0 fully saturated rings. The zero-order valence-corrected chi connectivity index (χ0v) is 10.1. The normalized spacial score (nSPS) is 13.3. The van der Waals surface area contributed by atoms with Gasteiger partial charge in [0.25, 0.3) is 0 Å². The zero-order chi connectivity index (χ0) is 11.2. The Bertz CT molecular complexity index is 222. The SMILES string of the molecule is COC(=O)CCC(C)(CN)C(=O)OC.Cl. The van der Waals surface area contributed by atoms with Gasteiger partial charge in [-0.3, -0.25) is 9.59 Å². The van der Waals surface area contributed by atoms with Crippen LogP contribution in [0.3, 0.4) is 0 Å². The fraction of sp³-hybridized carbons (Fsp3) is 0.778. The minimum absolute atomic E-state index is 0. The van der Waals surface area contributed by atoms with Gasteiger partial charge in [-0.2, -0.15) is 0 Å². The van der Waals surface area contributed by atoms with E-state index in [2.05, 4.69) is 9.47 Å². The van der Waals surface area contributed by atoms with Crippen molar-refractivity contribution in [2.45, 2.75) is 19.8 Å². The summed E-state index contributed by atoms with van der Waals surface area (Å²) in [7, 11) is 2.61.